The fourth-order valence-corrected chi connectivity index (χ4v) is 11.0. The average Bonchev–Trinajstić information content (AvgIpc) is 4.35. The number of halogens is 20. The van der Waals surface area contributed by atoms with Crippen LogP contribution >= 0.6 is 0 Å². The van der Waals surface area contributed by atoms with Gasteiger partial charge in [0, 0.05) is 94.5 Å². The van der Waals surface area contributed by atoms with Crippen LogP contribution in [0.15, 0.2) is 12.1 Å². The minimum Gasteiger partial charge on any atom is -0.361 e. The number of hydrogen-bond donors (Lipinski definition) is 2. The Labute approximate surface area is 411 Å². The first-order chi connectivity index (χ1) is 35.9. The molecule has 0 saturated carbocycles. The Morgan fingerprint density at radius 2 is 0.592 bits per heavy atom. The largest absolute Gasteiger partial charge is 0.361 e. The molecule has 5 aliphatic rings. The van der Waals surface area contributed by atoms with E-state index >= 15 is 70.2 Å². The van der Waals surface area contributed by atoms with E-state index in [4.69, 9.17) is 0 Å². The highest BCUT2D eigenvalue weighted by atomic mass is 19.2. The molecule has 2 N–H and O–H groups in total. The number of likely N-dealkylation sites (tertiary alicyclic amines) is 2. The van der Waals surface area contributed by atoms with Crippen molar-refractivity contribution in [1.82, 2.24) is 29.7 Å². The zero-order valence-corrected chi connectivity index (χ0v) is 37.8. The molecule has 0 aliphatic carbocycles. The first-order valence-corrected chi connectivity index (χ1v) is 22.1. The molecule has 8 bridgehead atoms. The van der Waals surface area contributed by atoms with Gasteiger partial charge in [-0.1, -0.05) is 0 Å². The molecule has 0 unspecified atom stereocenters. The number of nitrogens with zero attached hydrogens (tertiary/aromatic N) is 4. The minimum atomic E-state index is -2.70. The van der Waals surface area contributed by atoms with Gasteiger partial charge in [-0.15, -0.1) is 0 Å². The number of fused-ring (bicyclic) bond motifs is 14. The Morgan fingerprint density at radius 3 is 0.987 bits per heavy atom. The summed E-state index contributed by atoms with van der Waals surface area (Å²) in [4.78, 5) is 16.5. The predicted octanol–water partition coefficient (Wildman–Crippen LogP) is 13.3. The molecule has 394 valence electrons. The molecule has 26 heteroatoms. The van der Waals surface area contributed by atoms with E-state index in [0.29, 0.717) is 18.2 Å². The van der Waals surface area contributed by atoms with Crippen molar-refractivity contribution < 1.29 is 87.8 Å². The van der Waals surface area contributed by atoms with Gasteiger partial charge in [0.2, 0.25) is 23.3 Å². The van der Waals surface area contributed by atoms with Gasteiger partial charge in [0.25, 0.3) is 0 Å². The molecular formula is C50H24F20N6. The van der Waals surface area contributed by atoms with Gasteiger partial charge < -0.3 is 19.8 Å². The number of benzene rings is 4. The van der Waals surface area contributed by atoms with E-state index in [2.05, 4.69) is 19.9 Å². The van der Waals surface area contributed by atoms with Crippen LogP contribution in [0.5, 0.6) is 0 Å². The Bertz CT molecular complexity index is 3770. The molecule has 76 heavy (non-hydrogen) atoms. The summed E-state index contributed by atoms with van der Waals surface area (Å²) in [5.41, 5.74) is -18.2. The smallest absolute Gasteiger partial charge is 0.200 e. The lowest BCUT2D eigenvalue weighted by molar-refractivity contribution is 0.380. The summed E-state index contributed by atoms with van der Waals surface area (Å²) in [6.07, 6.45) is 1.37. The van der Waals surface area contributed by atoms with Gasteiger partial charge in [-0.2, -0.15) is 0 Å². The number of likely N-dealkylation sites (N-methyl/N-ethyl adjacent to an activating group) is 2. The second kappa shape index (κ2) is 17.5. The highest BCUT2D eigenvalue weighted by Crippen LogP contribution is 2.55. The lowest BCUT2D eigenvalue weighted by Crippen LogP contribution is -2.17. The van der Waals surface area contributed by atoms with E-state index in [9.17, 15) is 17.6 Å². The number of hydrogen-bond acceptors (Lipinski definition) is 4. The molecule has 6 nitrogen and oxygen atoms in total. The quantitative estimate of drug-likeness (QED) is 0.105. The molecule has 2 aromatic heterocycles. The monoisotopic (exact) mass is 1090 g/mol. The number of rotatable bonds is 4. The lowest BCUT2D eigenvalue weighted by Gasteiger charge is -2.19. The summed E-state index contributed by atoms with van der Waals surface area (Å²) < 4.78 is 313. The molecule has 0 radical (unpaired) electrons. The minimum absolute atomic E-state index is 0.345. The fourth-order valence-electron chi connectivity index (χ4n) is 11.0. The Balaban J connectivity index is 1.47. The van der Waals surface area contributed by atoms with Gasteiger partial charge in [-0.05, 0) is 38.4 Å². The highest BCUT2D eigenvalue weighted by Gasteiger charge is 2.49. The highest BCUT2D eigenvalue weighted by molar-refractivity contribution is 5.95. The number of aromatic nitrogens is 4. The van der Waals surface area contributed by atoms with Crippen LogP contribution in [0, 0.1) is 116 Å². The van der Waals surface area contributed by atoms with Crippen LogP contribution in [-0.4, -0.2) is 70.0 Å². The molecule has 2 saturated heterocycles. The summed E-state index contributed by atoms with van der Waals surface area (Å²) in [6.45, 7) is -1.41. The van der Waals surface area contributed by atoms with Crippen LogP contribution in [0.2, 0.25) is 0 Å². The molecule has 4 aromatic carbocycles. The summed E-state index contributed by atoms with van der Waals surface area (Å²) >= 11 is 0. The van der Waals surface area contributed by atoms with E-state index in [1.165, 1.54) is 23.9 Å². The van der Waals surface area contributed by atoms with E-state index in [1.54, 1.807) is 0 Å². The van der Waals surface area contributed by atoms with Crippen molar-refractivity contribution >= 4 is 23.2 Å². The standard InChI is InChI=1S/C50H24F20N6/c1-75-7-11-13(9-75)49-26(25-33(57)41(65)46(70)42(66)34(25)58)50-14-10-76(2)8-12(14)48(74-50)21(24-31(55)39(63)45(69)40(64)32(24)56)18-6-4-16(72-18)19(22-27(51)35(59)43(67)36(60)28(22)52)15-3-5-17(71-15)20(47(11)73-49)23-29(53)37(61)44(68)38(62)30(23)54/h3-6,11-14,71,74H,7-10H2,1-2H3/t11-,12-,13+,14+/m0/s1. The van der Waals surface area contributed by atoms with Crippen molar-refractivity contribution in [3.05, 3.63) is 163 Å². The van der Waals surface area contributed by atoms with Crippen molar-refractivity contribution in [2.24, 2.45) is 0 Å². The molecule has 6 aromatic rings. The first-order valence-electron chi connectivity index (χ1n) is 22.1. The van der Waals surface area contributed by atoms with Crippen molar-refractivity contribution in [1.29, 1.82) is 0 Å². The predicted molar refractivity (Wildman–Crippen MR) is 228 cm³/mol. The van der Waals surface area contributed by atoms with Crippen LogP contribution in [0.25, 0.3) is 67.7 Å². The molecule has 0 amide bonds. The van der Waals surface area contributed by atoms with E-state index in [1.807, 2.05) is 0 Å². The summed E-state index contributed by atoms with van der Waals surface area (Å²) in [7, 11) is 2.77. The van der Waals surface area contributed by atoms with Crippen LogP contribution in [-0.2, 0) is 0 Å². The van der Waals surface area contributed by atoms with E-state index in [-0.39, 0.29) is 26.2 Å². The van der Waals surface area contributed by atoms with Crippen LogP contribution in [0.3, 0.4) is 0 Å². The Hall–Kier alpha value is -7.48. The van der Waals surface area contributed by atoms with Gasteiger partial charge in [0.1, 0.15) is 0 Å². The third-order valence-electron chi connectivity index (χ3n) is 14.2. The molecule has 2 fully saturated rings. The summed E-state index contributed by atoms with van der Waals surface area (Å²) in [5, 5.41) is 0. The number of aromatic amines is 2. The van der Waals surface area contributed by atoms with E-state index in [0.717, 1.165) is 6.07 Å². The topological polar surface area (TPSA) is 63.8 Å². The van der Waals surface area contributed by atoms with Crippen molar-refractivity contribution in [3.8, 4) is 44.5 Å². The maximum atomic E-state index is 16.7. The number of H-pyrrole nitrogens is 2. The second-order valence-corrected chi connectivity index (χ2v) is 18.5. The van der Waals surface area contributed by atoms with Gasteiger partial charge in [-0.3, -0.25) is 4.98 Å². The maximum absolute atomic E-state index is 16.7. The van der Waals surface area contributed by atoms with Crippen LogP contribution in [0.1, 0.15) is 57.8 Å². The van der Waals surface area contributed by atoms with Crippen molar-refractivity contribution in [2.75, 3.05) is 40.3 Å². The van der Waals surface area contributed by atoms with E-state index < -0.39 is 230 Å². The third-order valence-corrected chi connectivity index (χ3v) is 14.2. The normalized spacial score (nSPS) is 18.8. The maximum Gasteiger partial charge on any atom is 0.200 e. The Morgan fingerprint density at radius 1 is 0.316 bits per heavy atom. The van der Waals surface area contributed by atoms with Gasteiger partial charge in [0.15, 0.2) is 93.1 Å². The zero-order valence-electron chi connectivity index (χ0n) is 37.8. The molecular weight excluding hydrogens is 1060 g/mol. The number of nitrogens with one attached hydrogen (secondary N) is 2. The molecule has 7 heterocycles. The SMILES string of the molecule is CN1C[C@@H]2c3nc(c(-c4c(F)c(F)c(F)c(F)c4F)c4[nH]c(c(-c5c(F)c(F)c(F)c(F)c5F)c5nc(c(-c6c(F)c(F)c(F)c(F)c6F)c6ccc([nH]6)c3-c3c(F)c(F)c(F)c(F)c3F)C=C5)[C@H]3CN(C)C[C@@H]43)[C@@H]2C1. The summed E-state index contributed by atoms with van der Waals surface area (Å²) in [5.74, 6) is -57.6. The average molecular weight is 1090 g/mol. The second-order valence-electron chi connectivity index (χ2n) is 18.5. The summed E-state index contributed by atoms with van der Waals surface area (Å²) in [6, 6.07) is 1.42. The third kappa shape index (κ3) is 6.96. The van der Waals surface area contributed by atoms with Crippen LogP contribution < -0.4 is 0 Å². The fraction of sp³-hybridized carbons (Fsp3) is 0.200. The van der Waals surface area contributed by atoms with Crippen molar-refractivity contribution in [2.45, 2.75) is 23.7 Å². The molecule has 5 aliphatic heterocycles. The van der Waals surface area contributed by atoms with Gasteiger partial charge in [0.05, 0.1) is 45.0 Å². The van der Waals surface area contributed by atoms with Crippen molar-refractivity contribution in [3.63, 3.8) is 0 Å². The molecule has 11 rings (SSSR count). The molecule has 0 spiro atoms. The van der Waals surface area contributed by atoms with Gasteiger partial charge in [-0.25, -0.2) is 92.8 Å². The molecule has 4 atom stereocenters. The Kier molecular flexibility index (Phi) is 11.7. The lowest BCUT2D eigenvalue weighted by atomic mass is 9.83. The first kappa shape index (κ1) is 50.7. The van der Waals surface area contributed by atoms with Gasteiger partial charge >= 0.3 is 0 Å². The van der Waals surface area contributed by atoms with Crippen LogP contribution in [0.4, 0.5) is 87.8 Å². The zero-order chi connectivity index (χ0) is 54.7.